The van der Waals surface area contributed by atoms with E-state index in [0.717, 1.165) is 15.6 Å². The molecule has 0 saturated carbocycles. The Morgan fingerprint density at radius 3 is 2.62 bits per heavy atom. The van der Waals surface area contributed by atoms with Crippen molar-refractivity contribution in [3.63, 3.8) is 0 Å². The van der Waals surface area contributed by atoms with Gasteiger partial charge in [-0.05, 0) is 23.9 Å². The number of rotatable bonds is 3. The summed E-state index contributed by atoms with van der Waals surface area (Å²) < 4.78 is 5.91. The van der Waals surface area contributed by atoms with E-state index in [1.807, 2.05) is 36.5 Å². The molecule has 1 aromatic heterocycles. The van der Waals surface area contributed by atoms with Gasteiger partial charge < -0.3 is 10.1 Å². The Kier molecular flexibility index (Phi) is 4.54. The molecule has 2 N–H and O–H groups in total. The van der Waals surface area contributed by atoms with Crippen molar-refractivity contribution >= 4 is 39.3 Å². The molecule has 0 aliphatic heterocycles. The van der Waals surface area contributed by atoms with Crippen LogP contribution in [-0.4, -0.2) is 31.6 Å². The molecule has 0 fully saturated rings. The second-order valence-electron chi connectivity index (χ2n) is 4.26. The zero-order valence-electron chi connectivity index (χ0n) is 11.6. The van der Waals surface area contributed by atoms with Gasteiger partial charge in [-0.2, -0.15) is 0 Å². The number of benzene rings is 1. The van der Waals surface area contributed by atoms with Crippen LogP contribution >= 0.6 is 11.3 Å². The molecule has 0 spiro atoms. The van der Waals surface area contributed by atoms with Crippen molar-refractivity contribution in [2.24, 2.45) is 0 Å². The van der Waals surface area contributed by atoms with Gasteiger partial charge in [0.2, 0.25) is 0 Å². The molecule has 7 heteroatoms. The SMILES string of the molecule is CNC(=O)NC(=O)COC(=O)c1sc2ccccc2c1C. The number of carbonyl (C=O) groups excluding carboxylic acids is 3. The maximum absolute atomic E-state index is 12.0. The number of urea groups is 1. The zero-order chi connectivity index (χ0) is 15.4. The van der Waals surface area contributed by atoms with Crippen molar-refractivity contribution in [2.45, 2.75) is 6.92 Å². The van der Waals surface area contributed by atoms with Crippen LogP contribution in [0.2, 0.25) is 0 Å². The summed E-state index contributed by atoms with van der Waals surface area (Å²) in [5, 5.41) is 5.24. The van der Waals surface area contributed by atoms with Gasteiger partial charge in [-0.3, -0.25) is 10.1 Å². The summed E-state index contributed by atoms with van der Waals surface area (Å²) in [4.78, 5) is 34.8. The summed E-state index contributed by atoms with van der Waals surface area (Å²) in [5.41, 5.74) is 0.826. The van der Waals surface area contributed by atoms with Crippen LogP contribution in [0, 0.1) is 6.92 Å². The van der Waals surface area contributed by atoms with E-state index in [0.29, 0.717) is 4.88 Å². The van der Waals surface area contributed by atoms with Crippen LogP contribution in [0.1, 0.15) is 15.2 Å². The summed E-state index contributed by atoms with van der Waals surface area (Å²) >= 11 is 1.32. The van der Waals surface area contributed by atoms with Crippen LogP contribution < -0.4 is 10.6 Å². The highest BCUT2D eigenvalue weighted by Gasteiger charge is 2.18. The highest BCUT2D eigenvalue weighted by Crippen LogP contribution is 2.30. The molecule has 6 nitrogen and oxygen atoms in total. The number of hydrogen-bond acceptors (Lipinski definition) is 5. The minimum Gasteiger partial charge on any atom is -0.451 e. The number of ether oxygens (including phenoxy) is 1. The Bertz CT molecular complexity index is 708. The molecule has 110 valence electrons. The summed E-state index contributed by atoms with van der Waals surface area (Å²) in [7, 11) is 1.38. The Morgan fingerprint density at radius 2 is 1.95 bits per heavy atom. The first kappa shape index (κ1) is 15.0. The monoisotopic (exact) mass is 306 g/mol. The third kappa shape index (κ3) is 3.38. The number of nitrogens with one attached hydrogen (secondary N) is 2. The molecule has 21 heavy (non-hydrogen) atoms. The molecule has 0 aliphatic carbocycles. The number of esters is 1. The van der Waals surface area contributed by atoms with Gasteiger partial charge in [0, 0.05) is 11.7 Å². The molecular weight excluding hydrogens is 292 g/mol. The molecule has 2 aromatic rings. The molecule has 0 bridgehead atoms. The number of fused-ring (bicyclic) bond motifs is 1. The standard InChI is InChI=1S/C14H14N2O4S/c1-8-9-5-3-4-6-10(9)21-12(8)13(18)20-7-11(17)16-14(19)15-2/h3-6H,7H2,1-2H3,(H2,15,16,17,19). The van der Waals surface area contributed by atoms with Crippen LogP contribution in [0.5, 0.6) is 0 Å². The molecule has 0 radical (unpaired) electrons. The van der Waals surface area contributed by atoms with Crippen molar-refractivity contribution in [1.29, 1.82) is 0 Å². The highest BCUT2D eigenvalue weighted by molar-refractivity contribution is 7.21. The van der Waals surface area contributed by atoms with Crippen molar-refractivity contribution in [2.75, 3.05) is 13.7 Å². The van der Waals surface area contributed by atoms with E-state index < -0.39 is 24.5 Å². The maximum atomic E-state index is 12.0. The van der Waals surface area contributed by atoms with Crippen molar-refractivity contribution in [3.05, 3.63) is 34.7 Å². The molecule has 0 unspecified atom stereocenters. The molecule has 2 rings (SSSR count). The minimum absolute atomic E-state index is 0.462. The maximum Gasteiger partial charge on any atom is 0.349 e. The lowest BCUT2D eigenvalue weighted by Crippen LogP contribution is -2.39. The van der Waals surface area contributed by atoms with E-state index in [2.05, 4.69) is 5.32 Å². The normalized spacial score (nSPS) is 10.2. The second kappa shape index (κ2) is 6.36. The van der Waals surface area contributed by atoms with E-state index in [4.69, 9.17) is 4.74 Å². The van der Waals surface area contributed by atoms with Gasteiger partial charge in [-0.1, -0.05) is 18.2 Å². The Labute approximate surface area is 125 Å². The van der Waals surface area contributed by atoms with Gasteiger partial charge in [-0.25, -0.2) is 9.59 Å². The average molecular weight is 306 g/mol. The smallest absolute Gasteiger partial charge is 0.349 e. The molecule has 0 atom stereocenters. The Hall–Kier alpha value is -2.41. The average Bonchev–Trinajstić information content (AvgIpc) is 2.82. The van der Waals surface area contributed by atoms with Crippen molar-refractivity contribution in [1.82, 2.24) is 10.6 Å². The number of amides is 3. The van der Waals surface area contributed by atoms with Crippen LogP contribution in [0.25, 0.3) is 10.1 Å². The molecule has 0 aliphatic rings. The largest absolute Gasteiger partial charge is 0.451 e. The molecule has 0 saturated heterocycles. The highest BCUT2D eigenvalue weighted by atomic mass is 32.1. The summed E-state index contributed by atoms with van der Waals surface area (Å²) in [6.07, 6.45) is 0. The van der Waals surface area contributed by atoms with Crippen LogP contribution in [0.3, 0.4) is 0 Å². The van der Waals surface area contributed by atoms with Crippen LogP contribution in [0.15, 0.2) is 24.3 Å². The summed E-state index contributed by atoms with van der Waals surface area (Å²) in [5.74, 6) is -1.25. The van der Waals surface area contributed by atoms with E-state index >= 15 is 0 Å². The lowest BCUT2D eigenvalue weighted by molar-refractivity contribution is -0.123. The van der Waals surface area contributed by atoms with Gasteiger partial charge >= 0.3 is 12.0 Å². The van der Waals surface area contributed by atoms with E-state index in [1.54, 1.807) is 0 Å². The Morgan fingerprint density at radius 1 is 1.24 bits per heavy atom. The van der Waals surface area contributed by atoms with Crippen LogP contribution in [-0.2, 0) is 9.53 Å². The first-order valence-electron chi connectivity index (χ1n) is 6.19. The van der Waals surface area contributed by atoms with E-state index in [-0.39, 0.29) is 0 Å². The number of carbonyl (C=O) groups is 3. The number of thiophene rings is 1. The fraction of sp³-hybridized carbons (Fsp3) is 0.214. The fourth-order valence-corrected chi connectivity index (χ4v) is 2.89. The summed E-state index contributed by atoms with van der Waals surface area (Å²) in [6, 6.07) is 6.99. The first-order chi connectivity index (χ1) is 10.0. The molecule has 1 aromatic carbocycles. The number of aryl methyl sites for hydroxylation is 1. The zero-order valence-corrected chi connectivity index (χ0v) is 12.4. The lowest BCUT2D eigenvalue weighted by Gasteiger charge is -2.04. The fourth-order valence-electron chi connectivity index (χ4n) is 1.79. The predicted octanol–water partition coefficient (Wildman–Crippen LogP) is 1.82. The van der Waals surface area contributed by atoms with Crippen LogP contribution in [0.4, 0.5) is 4.79 Å². The van der Waals surface area contributed by atoms with Gasteiger partial charge in [0.1, 0.15) is 4.88 Å². The second-order valence-corrected chi connectivity index (χ2v) is 5.31. The quantitative estimate of drug-likeness (QED) is 0.847. The van der Waals surface area contributed by atoms with Gasteiger partial charge in [0.05, 0.1) is 0 Å². The summed E-state index contributed by atoms with van der Waals surface area (Å²) in [6.45, 7) is 1.33. The predicted molar refractivity (Wildman–Crippen MR) is 79.4 cm³/mol. The van der Waals surface area contributed by atoms with Crippen molar-refractivity contribution in [3.8, 4) is 0 Å². The lowest BCUT2D eigenvalue weighted by atomic mass is 10.1. The number of imide groups is 1. The third-order valence-corrected chi connectivity index (χ3v) is 4.10. The van der Waals surface area contributed by atoms with E-state index in [9.17, 15) is 14.4 Å². The number of hydrogen-bond donors (Lipinski definition) is 2. The molecular formula is C14H14N2O4S. The van der Waals surface area contributed by atoms with E-state index in [1.165, 1.54) is 18.4 Å². The minimum atomic E-state index is -0.679. The van der Waals surface area contributed by atoms with Gasteiger partial charge in [0.25, 0.3) is 5.91 Å². The molecule has 1 heterocycles. The van der Waals surface area contributed by atoms with Gasteiger partial charge in [0.15, 0.2) is 6.61 Å². The first-order valence-corrected chi connectivity index (χ1v) is 7.01. The van der Waals surface area contributed by atoms with Gasteiger partial charge in [-0.15, -0.1) is 11.3 Å². The molecule has 3 amide bonds. The third-order valence-electron chi connectivity index (χ3n) is 2.84. The van der Waals surface area contributed by atoms with Crippen molar-refractivity contribution < 1.29 is 19.1 Å². The Balaban J connectivity index is 2.04. The topological polar surface area (TPSA) is 84.5 Å².